The third kappa shape index (κ3) is 2.13. The van der Waals surface area contributed by atoms with Gasteiger partial charge in [-0.25, -0.2) is 8.42 Å². The van der Waals surface area contributed by atoms with Crippen molar-refractivity contribution in [3.05, 3.63) is 0 Å². The smallest absolute Gasteiger partial charge is 0.158 e. The van der Waals surface area contributed by atoms with Crippen LogP contribution in [0, 0.1) is 5.92 Å². The van der Waals surface area contributed by atoms with Gasteiger partial charge in [-0.2, -0.15) is 0 Å². The van der Waals surface area contributed by atoms with Gasteiger partial charge >= 0.3 is 0 Å². The van der Waals surface area contributed by atoms with E-state index in [0.717, 1.165) is 12.8 Å². The highest BCUT2D eigenvalue weighted by Crippen LogP contribution is 2.34. The highest BCUT2D eigenvalue weighted by Gasteiger charge is 2.50. The van der Waals surface area contributed by atoms with Gasteiger partial charge in [-0.15, -0.1) is 0 Å². The molecule has 0 aromatic carbocycles. The Morgan fingerprint density at radius 1 is 1.19 bits per heavy atom. The van der Waals surface area contributed by atoms with Crippen LogP contribution in [0.3, 0.4) is 0 Å². The van der Waals surface area contributed by atoms with Crippen molar-refractivity contribution in [2.24, 2.45) is 5.92 Å². The van der Waals surface area contributed by atoms with Crippen LogP contribution in [-0.2, 0) is 19.3 Å². The molecule has 4 atom stereocenters. The Kier molecular flexibility index (Phi) is 3.56. The molecule has 94 valence electrons. The van der Waals surface area contributed by atoms with Crippen molar-refractivity contribution in [2.75, 3.05) is 19.0 Å². The van der Waals surface area contributed by atoms with E-state index in [1.54, 1.807) is 0 Å². The monoisotopic (exact) mass is 248 g/mol. The zero-order valence-corrected chi connectivity index (χ0v) is 10.7. The van der Waals surface area contributed by atoms with Gasteiger partial charge in [-0.1, -0.05) is 20.3 Å². The quantitative estimate of drug-likeness (QED) is 0.745. The summed E-state index contributed by atoms with van der Waals surface area (Å²) < 4.78 is 35.3. The Labute approximate surface area is 97.2 Å². The molecule has 0 spiro atoms. The molecule has 4 nitrogen and oxygen atoms in total. The second-order valence-electron chi connectivity index (χ2n) is 4.83. The first-order valence-electron chi connectivity index (χ1n) is 6.01. The standard InChI is InChI=1S/C11H20O4S/c1-3-4-5-16(12,13)9-7-15-10-8(2)6-14-11(9)10/h8-11H,3-7H2,1-2H3. The maximum Gasteiger partial charge on any atom is 0.158 e. The Morgan fingerprint density at radius 3 is 2.56 bits per heavy atom. The lowest BCUT2D eigenvalue weighted by molar-refractivity contribution is 0.0659. The maximum absolute atomic E-state index is 12.1. The fourth-order valence-electron chi connectivity index (χ4n) is 2.46. The van der Waals surface area contributed by atoms with E-state index in [4.69, 9.17) is 9.47 Å². The van der Waals surface area contributed by atoms with Gasteiger partial charge in [-0.05, 0) is 6.42 Å². The molecule has 0 N–H and O–H groups in total. The predicted molar refractivity (Wildman–Crippen MR) is 61.1 cm³/mol. The number of sulfone groups is 1. The number of fused-ring (bicyclic) bond motifs is 1. The molecule has 0 bridgehead atoms. The topological polar surface area (TPSA) is 52.6 Å². The van der Waals surface area contributed by atoms with Gasteiger partial charge in [0.15, 0.2) is 9.84 Å². The van der Waals surface area contributed by atoms with Crippen LogP contribution in [0.1, 0.15) is 26.7 Å². The molecular weight excluding hydrogens is 228 g/mol. The normalized spacial score (nSPS) is 38.9. The van der Waals surface area contributed by atoms with Crippen LogP contribution >= 0.6 is 0 Å². The van der Waals surface area contributed by atoms with Crippen molar-refractivity contribution in [3.8, 4) is 0 Å². The molecule has 16 heavy (non-hydrogen) atoms. The van der Waals surface area contributed by atoms with Crippen LogP contribution in [0.15, 0.2) is 0 Å². The first kappa shape index (κ1) is 12.3. The van der Waals surface area contributed by atoms with Crippen LogP contribution in [-0.4, -0.2) is 44.8 Å². The Balaban J connectivity index is 2.06. The van der Waals surface area contributed by atoms with Gasteiger partial charge < -0.3 is 9.47 Å². The van der Waals surface area contributed by atoms with E-state index in [0.29, 0.717) is 19.1 Å². The van der Waals surface area contributed by atoms with Crippen molar-refractivity contribution in [3.63, 3.8) is 0 Å². The summed E-state index contributed by atoms with van der Waals surface area (Å²) in [5.41, 5.74) is 0. The van der Waals surface area contributed by atoms with Crippen molar-refractivity contribution in [1.82, 2.24) is 0 Å². The molecule has 0 amide bonds. The Bertz CT molecular complexity index is 338. The second kappa shape index (κ2) is 4.63. The summed E-state index contributed by atoms with van der Waals surface area (Å²) in [4.78, 5) is 0. The maximum atomic E-state index is 12.1. The summed E-state index contributed by atoms with van der Waals surface area (Å²) in [6, 6.07) is 0. The van der Waals surface area contributed by atoms with Gasteiger partial charge in [0.1, 0.15) is 11.4 Å². The zero-order chi connectivity index (χ0) is 11.8. The van der Waals surface area contributed by atoms with Crippen molar-refractivity contribution >= 4 is 9.84 Å². The van der Waals surface area contributed by atoms with Crippen LogP contribution in [0.2, 0.25) is 0 Å². The first-order chi connectivity index (χ1) is 7.56. The van der Waals surface area contributed by atoms with Crippen LogP contribution in [0.5, 0.6) is 0 Å². The average Bonchev–Trinajstić information content (AvgIpc) is 2.79. The molecule has 2 aliphatic rings. The minimum Gasteiger partial charge on any atom is -0.374 e. The molecule has 0 saturated carbocycles. The molecular formula is C11H20O4S. The summed E-state index contributed by atoms with van der Waals surface area (Å²) in [7, 11) is -3.05. The molecule has 2 rings (SSSR count). The molecule has 2 saturated heterocycles. The number of unbranched alkanes of at least 4 members (excludes halogenated alkanes) is 1. The molecule has 0 aromatic rings. The zero-order valence-electron chi connectivity index (χ0n) is 9.89. The van der Waals surface area contributed by atoms with Crippen LogP contribution < -0.4 is 0 Å². The van der Waals surface area contributed by atoms with Gasteiger partial charge in [0.25, 0.3) is 0 Å². The molecule has 2 fully saturated rings. The van der Waals surface area contributed by atoms with Gasteiger partial charge in [0.05, 0.1) is 25.1 Å². The minimum absolute atomic E-state index is 0.0126. The van der Waals surface area contributed by atoms with Crippen molar-refractivity contribution < 1.29 is 17.9 Å². The lowest BCUT2D eigenvalue weighted by Crippen LogP contribution is -2.36. The summed E-state index contributed by atoms with van der Waals surface area (Å²) in [6.07, 6.45) is 1.39. The van der Waals surface area contributed by atoms with E-state index in [-0.39, 0.29) is 18.0 Å². The SMILES string of the molecule is CCCCS(=O)(=O)C1COC2C(C)COC21. The number of rotatable bonds is 4. The van der Waals surface area contributed by atoms with Crippen molar-refractivity contribution in [2.45, 2.75) is 44.1 Å². The number of ether oxygens (including phenoxy) is 2. The first-order valence-corrected chi connectivity index (χ1v) is 7.72. The van der Waals surface area contributed by atoms with Crippen molar-refractivity contribution in [1.29, 1.82) is 0 Å². The van der Waals surface area contributed by atoms with E-state index in [2.05, 4.69) is 0 Å². The minimum atomic E-state index is -3.05. The summed E-state index contributed by atoms with van der Waals surface area (Å²) in [5, 5.41) is -0.436. The summed E-state index contributed by atoms with van der Waals surface area (Å²) in [6.45, 7) is 4.98. The molecule has 4 unspecified atom stereocenters. The lowest BCUT2D eigenvalue weighted by Gasteiger charge is -2.16. The number of hydrogen-bond acceptors (Lipinski definition) is 4. The van der Waals surface area contributed by atoms with E-state index in [1.165, 1.54) is 0 Å². The molecule has 0 aliphatic carbocycles. The van der Waals surface area contributed by atoms with Crippen LogP contribution in [0.25, 0.3) is 0 Å². The predicted octanol–water partition coefficient (Wildman–Crippen LogP) is 1.00. The van der Waals surface area contributed by atoms with Gasteiger partial charge in [-0.3, -0.25) is 0 Å². The van der Waals surface area contributed by atoms with E-state index in [9.17, 15) is 8.42 Å². The van der Waals surface area contributed by atoms with E-state index < -0.39 is 15.1 Å². The third-order valence-electron chi connectivity index (χ3n) is 3.50. The van der Waals surface area contributed by atoms with E-state index in [1.807, 2.05) is 13.8 Å². The Morgan fingerprint density at radius 2 is 1.88 bits per heavy atom. The van der Waals surface area contributed by atoms with E-state index >= 15 is 0 Å². The second-order valence-corrected chi connectivity index (χ2v) is 7.17. The fourth-order valence-corrected chi connectivity index (χ4v) is 4.38. The Hall–Kier alpha value is -0.130. The molecule has 2 aliphatic heterocycles. The molecule has 0 radical (unpaired) electrons. The average molecular weight is 248 g/mol. The summed E-state index contributed by atoms with van der Waals surface area (Å²) >= 11 is 0. The fraction of sp³-hybridized carbons (Fsp3) is 1.00. The number of hydrogen-bond donors (Lipinski definition) is 0. The molecule has 2 heterocycles. The third-order valence-corrected chi connectivity index (χ3v) is 5.68. The van der Waals surface area contributed by atoms with Gasteiger partial charge in [0, 0.05) is 5.92 Å². The summed E-state index contributed by atoms with van der Waals surface area (Å²) in [5.74, 6) is 0.578. The molecule has 5 heteroatoms. The van der Waals surface area contributed by atoms with Gasteiger partial charge in [0.2, 0.25) is 0 Å². The highest BCUT2D eigenvalue weighted by atomic mass is 32.2. The lowest BCUT2D eigenvalue weighted by atomic mass is 10.0. The van der Waals surface area contributed by atoms with Crippen LogP contribution in [0.4, 0.5) is 0 Å². The largest absolute Gasteiger partial charge is 0.374 e. The highest BCUT2D eigenvalue weighted by molar-refractivity contribution is 7.92. The molecule has 0 aromatic heterocycles.